The van der Waals surface area contributed by atoms with Crippen LogP contribution in [-0.4, -0.2) is 24.9 Å². The van der Waals surface area contributed by atoms with E-state index >= 15 is 0 Å². The summed E-state index contributed by atoms with van der Waals surface area (Å²) < 4.78 is 9.51. The zero-order valence-electron chi connectivity index (χ0n) is 5.28. The Morgan fingerprint density at radius 3 is 3.10 bits per heavy atom. The van der Waals surface area contributed by atoms with Gasteiger partial charge in [0.1, 0.15) is 13.4 Å². The molecule has 0 aromatic carbocycles. The highest BCUT2D eigenvalue weighted by molar-refractivity contribution is 4.92. The van der Waals surface area contributed by atoms with Crippen LogP contribution in [0, 0.1) is 10.1 Å². The van der Waals surface area contributed by atoms with Crippen molar-refractivity contribution >= 4 is 0 Å². The summed E-state index contributed by atoms with van der Waals surface area (Å²) in [5, 5.41) is 10.1. The number of nitrogens with zero attached hydrogens (tertiary/aromatic N) is 1. The van der Waals surface area contributed by atoms with Crippen LogP contribution in [-0.2, 0) is 9.47 Å². The lowest BCUT2D eigenvalue weighted by Gasteiger charge is -1.94. The fourth-order valence-electron chi connectivity index (χ4n) is 0.595. The van der Waals surface area contributed by atoms with Crippen molar-refractivity contribution in [2.75, 3.05) is 20.0 Å². The molecule has 56 valence electrons. The molecule has 1 aliphatic rings. The van der Waals surface area contributed by atoms with E-state index in [1.54, 1.807) is 0 Å². The Morgan fingerprint density at radius 1 is 1.60 bits per heavy atom. The first kappa shape index (κ1) is 7.17. The smallest absolute Gasteiger partial charge is 0.270 e. The van der Waals surface area contributed by atoms with Crippen molar-refractivity contribution in [3.63, 3.8) is 0 Å². The van der Waals surface area contributed by atoms with Gasteiger partial charge in [-0.1, -0.05) is 0 Å². The van der Waals surface area contributed by atoms with E-state index in [4.69, 9.17) is 9.47 Å². The van der Waals surface area contributed by atoms with Gasteiger partial charge in [-0.3, -0.25) is 10.1 Å². The molecular formula is C5H7NO4. The molecule has 0 bridgehead atoms. The van der Waals surface area contributed by atoms with Gasteiger partial charge in [0.05, 0.1) is 11.5 Å². The fourth-order valence-corrected chi connectivity index (χ4v) is 0.595. The maximum absolute atomic E-state index is 10.1. The van der Waals surface area contributed by atoms with Crippen molar-refractivity contribution in [1.82, 2.24) is 0 Å². The topological polar surface area (TPSA) is 61.6 Å². The van der Waals surface area contributed by atoms with E-state index in [0.29, 0.717) is 0 Å². The molecule has 5 nitrogen and oxygen atoms in total. The molecule has 0 fully saturated rings. The van der Waals surface area contributed by atoms with Crippen molar-refractivity contribution < 1.29 is 14.4 Å². The van der Waals surface area contributed by atoms with Gasteiger partial charge in [0, 0.05) is 6.08 Å². The molecule has 0 aromatic heterocycles. The van der Waals surface area contributed by atoms with Crippen LogP contribution in [0.3, 0.4) is 0 Å². The Kier molecular flexibility index (Phi) is 2.35. The van der Waals surface area contributed by atoms with E-state index in [1.807, 2.05) is 0 Å². The van der Waals surface area contributed by atoms with Crippen molar-refractivity contribution in [2.45, 2.75) is 0 Å². The van der Waals surface area contributed by atoms with Crippen LogP contribution in [0.2, 0.25) is 0 Å². The third-order valence-electron chi connectivity index (χ3n) is 1.09. The van der Waals surface area contributed by atoms with Crippen molar-refractivity contribution in [3.05, 3.63) is 21.9 Å². The molecule has 0 radical (unpaired) electrons. The van der Waals surface area contributed by atoms with Crippen molar-refractivity contribution in [3.8, 4) is 0 Å². The van der Waals surface area contributed by atoms with Crippen molar-refractivity contribution in [2.24, 2.45) is 0 Å². The summed E-state index contributed by atoms with van der Waals surface area (Å²) in [6.07, 6.45) is 1.41. The SMILES string of the molecule is O=[N+]([O-])C1=CCOCOC1. The second-order valence-electron chi connectivity index (χ2n) is 1.79. The predicted molar refractivity (Wildman–Crippen MR) is 31.8 cm³/mol. The lowest BCUT2D eigenvalue weighted by Crippen LogP contribution is -2.05. The molecule has 1 heterocycles. The maximum atomic E-state index is 10.1. The van der Waals surface area contributed by atoms with Gasteiger partial charge in [0.2, 0.25) is 0 Å². The van der Waals surface area contributed by atoms with Gasteiger partial charge >= 0.3 is 0 Å². The van der Waals surface area contributed by atoms with Crippen LogP contribution in [0.5, 0.6) is 0 Å². The Morgan fingerprint density at radius 2 is 2.40 bits per heavy atom. The number of rotatable bonds is 1. The summed E-state index contributed by atoms with van der Waals surface area (Å²) in [4.78, 5) is 9.65. The van der Waals surface area contributed by atoms with E-state index < -0.39 is 4.92 Å². The molecule has 1 aliphatic heterocycles. The van der Waals surface area contributed by atoms with Gasteiger partial charge in [0.15, 0.2) is 0 Å². The Balaban J connectivity index is 2.54. The Bertz CT molecular complexity index is 165. The predicted octanol–water partition coefficient (Wildman–Crippen LogP) is 0.151. The quantitative estimate of drug-likeness (QED) is 0.389. The number of hydrogen-bond acceptors (Lipinski definition) is 4. The second kappa shape index (κ2) is 3.28. The molecule has 10 heavy (non-hydrogen) atoms. The Hall–Kier alpha value is -0.940. The molecule has 0 aliphatic carbocycles. The minimum absolute atomic E-state index is 0.0347. The first-order valence-corrected chi connectivity index (χ1v) is 2.79. The van der Waals surface area contributed by atoms with Gasteiger partial charge in [0.25, 0.3) is 5.70 Å². The molecule has 0 saturated carbocycles. The minimum Gasteiger partial charge on any atom is -0.351 e. The molecule has 0 amide bonds. The number of nitro groups is 1. The number of ether oxygens (including phenoxy) is 2. The summed E-state index contributed by atoms with van der Waals surface area (Å²) >= 11 is 0. The largest absolute Gasteiger partial charge is 0.351 e. The lowest BCUT2D eigenvalue weighted by atomic mass is 10.4. The standard InChI is InChI=1S/C5H7NO4/c7-6(8)5-1-2-9-4-10-3-5/h1H,2-4H2. The third-order valence-corrected chi connectivity index (χ3v) is 1.09. The highest BCUT2D eigenvalue weighted by Gasteiger charge is 2.12. The molecule has 0 unspecified atom stereocenters. The summed E-state index contributed by atoms with van der Waals surface area (Å²) in [6.45, 7) is 0.428. The summed E-state index contributed by atoms with van der Waals surface area (Å²) in [7, 11) is 0. The summed E-state index contributed by atoms with van der Waals surface area (Å²) in [6, 6.07) is 0. The molecule has 1 rings (SSSR count). The average molecular weight is 145 g/mol. The lowest BCUT2D eigenvalue weighted by molar-refractivity contribution is -0.430. The van der Waals surface area contributed by atoms with Gasteiger partial charge < -0.3 is 9.47 Å². The zero-order chi connectivity index (χ0) is 7.40. The molecule has 0 atom stereocenters. The molecule has 0 spiro atoms. The van der Waals surface area contributed by atoms with Crippen molar-refractivity contribution in [1.29, 1.82) is 0 Å². The molecule has 0 aromatic rings. The summed E-state index contributed by atoms with van der Waals surface area (Å²) in [5.41, 5.74) is 0.0671. The van der Waals surface area contributed by atoms with Crippen LogP contribution in [0.1, 0.15) is 0 Å². The van der Waals surface area contributed by atoms with Crippen LogP contribution < -0.4 is 0 Å². The molecule has 5 heteroatoms. The fraction of sp³-hybridized carbons (Fsp3) is 0.600. The molecular weight excluding hydrogens is 138 g/mol. The molecule has 0 saturated heterocycles. The van der Waals surface area contributed by atoms with Crippen LogP contribution >= 0.6 is 0 Å². The zero-order valence-corrected chi connectivity index (χ0v) is 5.28. The first-order chi connectivity index (χ1) is 4.80. The van der Waals surface area contributed by atoms with Crippen LogP contribution in [0.15, 0.2) is 11.8 Å². The number of hydrogen-bond donors (Lipinski definition) is 0. The average Bonchev–Trinajstić information content (AvgIpc) is 2.12. The van der Waals surface area contributed by atoms with Crippen LogP contribution in [0.4, 0.5) is 0 Å². The van der Waals surface area contributed by atoms with Gasteiger partial charge in [-0.2, -0.15) is 0 Å². The van der Waals surface area contributed by atoms with Gasteiger partial charge in [-0.15, -0.1) is 0 Å². The monoisotopic (exact) mass is 145 g/mol. The second-order valence-corrected chi connectivity index (χ2v) is 1.79. The summed E-state index contributed by atoms with van der Waals surface area (Å²) in [5.74, 6) is 0. The van der Waals surface area contributed by atoms with E-state index in [9.17, 15) is 10.1 Å². The van der Waals surface area contributed by atoms with E-state index in [0.717, 1.165) is 0 Å². The van der Waals surface area contributed by atoms with E-state index in [1.165, 1.54) is 6.08 Å². The highest BCUT2D eigenvalue weighted by atomic mass is 16.7. The van der Waals surface area contributed by atoms with Gasteiger partial charge in [-0.25, -0.2) is 0 Å². The first-order valence-electron chi connectivity index (χ1n) is 2.79. The molecule has 0 N–H and O–H groups in total. The Labute approximate surface area is 57.4 Å². The highest BCUT2D eigenvalue weighted by Crippen LogP contribution is 2.00. The maximum Gasteiger partial charge on any atom is 0.270 e. The third kappa shape index (κ3) is 1.78. The van der Waals surface area contributed by atoms with Gasteiger partial charge in [-0.05, 0) is 0 Å². The van der Waals surface area contributed by atoms with E-state index in [2.05, 4.69) is 0 Å². The van der Waals surface area contributed by atoms with E-state index in [-0.39, 0.29) is 25.7 Å². The normalized spacial score (nSPS) is 19.4. The minimum atomic E-state index is -0.464. The van der Waals surface area contributed by atoms with Crippen LogP contribution in [0.25, 0.3) is 0 Å².